The summed E-state index contributed by atoms with van der Waals surface area (Å²) in [6.07, 6.45) is 0. The van der Waals surface area contributed by atoms with E-state index in [9.17, 15) is 0 Å². The Morgan fingerprint density at radius 1 is 0.349 bits per heavy atom. The molecule has 2 heteroatoms. The van der Waals surface area contributed by atoms with E-state index in [0.717, 1.165) is 0 Å². The van der Waals surface area contributed by atoms with Gasteiger partial charge in [-0.05, 0) is 87.6 Å². The molecule has 7 aromatic carbocycles. The molecule has 0 saturated carbocycles. The van der Waals surface area contributed by atoms with Crippen LogP contribution in [0, 0.1) is 0 Å². The molecule has 0 amide bonds. The molecule has 0 fully saturated rings. The molecule has 0 spiro atoms. The number of aromatic nitrogens is 2. The highest BCUT2D eigenvalue weighted by atomic mass is 15.0. The van der Waals surface area contributed by atoms with Gasteiger partial charge in [0.1, 0.15) is 0 Å². The minimum atomic E-state index is 1.17. The molecule has 9 rings (SSSR count). The summed E-state index contributed by atoms with van der Waals surface area (Å²) >= 11 is 0. The molecule has 2 aromatic heterocycles. The summed E-state index contributed by atoms with van der Waals surface area (Å²) in [5.74, 6) is 0. The molecule has 0 radical (unpaired) electrons. The maximum atomic E-state index is 2.41. The Labute approximate surface area is 249 Å². The molecule has 0 aliphatic heterocycles. The number of fused-ring (bicyclic) bond motifs is 7. The third kappa shape index (κ3) is 3.67. The molecular weight excluding hydrogens is 520 g/mol. The highest BCUT2D eigenvalue weighted by molar-refractivity contribution is 6.12. The van der Waals surface area contributed by atoms with Gasteiger partial charge in [-0.2, -0.15) is 0 Å². The molecule has 2 nitrogen and oxygen atoms in total. The van der Waals surface area contributed by atoms with Gasteiger partial charge in [0, 0.05) is 45.3 Å². The fraction of sp³-hybridized carbons (Fsp3) is 0.0244. The van der Waals surface area contributed by atoms with E-state index in [-0.39, 0.29) is 0 Å². The lowest BCUT2D eigenvalue weighted by molar-refractivity contribution is 1.01. The van der Waals surface area contributed by atoms with Crippen LogP contribution in [0.15, 0.2) is 152 Å². The Hall–Kier alpha value is -5.60. The van der Waals surface area contributed by atoms with Crippen LogP contribution in [0.2, 0.25) is 0 Å². The minimum absolute atomic E-state index is 1.17. The third-order valence-corrected chi connectivity index (χ3v) is 9.11. The molecule has 43 heavy (non-hydrogen) atoms. The molecule has 0 saturated heterocycles. The predicted molar refractivity (Wildman–Crippen MR) is 183 cm³/mol. The lowest BCUT2D eigenvalue weighted by Gasteiger charge is -2.11. The van der Waals surface area contributed by atoms with Crippen molar-refractivity contribution in [1.82, 2.24) is 9.13 Å². The number of aryl methyl sites for hydroxylation is 1. The van der Waals surface area contributed by atoms with Gasteiger partial charge in [-0.15, -0.1) is 0 Å². The van der Waals surface area contributed by atoms with Gasteiger partial charge in [-0.3, -0.25) is 0 Å². The molecular formula is C41H28N2. The van der Waals surface area contributed by atoms with E-state index in [1.54, 1.807) is 0 Å². The smallest absolute Gasteiger partial charge is 0.0541 e. The van der Waals surface area contributed by atoms with Crippen LogP contribution in [0.1, 0.15) is 0 Å². The second kappa shape index (κ2) is 9.20. The van der Waals surface area contributed by atoms with E-state index in [1.165, 1.54) is 82.3 Å². The molecule has 202 valence electrons. The third-order valence-electron chi connectivity index (χ3n) is 9.11. The number of hydrogen-bond donors (Lipinski definition) is 0. The summed E-state index contributed by atoms with van der Waals surface area (Å²) in [6.45, 7) is 0. The summed E-state index contributed by atoms with van der Waals surface area (Å²) in [6, 6.07) is 55.5. The Morgan fingerprint density at radius 2 is 0.884 bits per heavy atom. The minimum Gasteiger partial charge on any atom is -0.344 e. The van der Waals surface area contributed by atoms with Crippen LogP contribution in [0.4, 0.5) is 0 Å². The van der Waals surface area contributed by atoms with Gasteiger partial charge in [0.2, 0.25) is 0 Å². The zero-order valence-corrected chi connectivity index (χ0v) is 23.8. The normalized spacial score (nSPS) is 11.8. The van der Waals surface area contributed by atoms with E-state index in [1.807, 2.05) is 0 Å². The van der Waals surface area contributed by atoms with Gasteiger partial charge in [-0.1, -0.05) is 97.1 Å². The second-order valence-corrected chi connectivity index (χ2v) is 11.5. The van der Waals surface area contributed by atoms with Crippen molar-refractivity contribution in [3.63, 3.8) is 0 Å². The predicted octanol–water partition coefficient (Wildman–Crippen LogP) is 10.9. The van der Waals surface area contributed by atoms with E-state index >= 15 is 0 Å². The Kier molecular flexibility index (Phi) is 5.15. The average Bonchev–Trinajstić information content (AvgIpc) is 3.56. The first kappa shape index (κ1) is 24.0. The van der Waals surface area contributed by atoms with Crippen LogP contribution >= 0.6 is 0 Å². The van der Waals surface area contributed by atoms with Crippen molar-refractivity contribution >= 4 is 54.4 Å². The fourth-order valence-electron chi connectivity index (χ4n) is 6.96. The van der Waals surface area contributed by atoms with Gasteiger partial charge in [-0.25, -0.2) is 0 Å². The molecule has 0 bridgehead atoms. The monoisotopic (exact) mass is 548 g/mol. The topological polar surface area (TPSA) is 9.86 Å². The highest BCUT2D eigenvalue weighted by Gasteiger charge is 2.15. The van der Waals surface area contributed by atoms with Crippen molar-refractivity contribution in [2.75, 3.05) is 0 Å². The first-order chi connectivity index (χ1) is 21.2. The standard InChI is InChI=1S/C41H28N2/c1-42-38-13-7-5-11-34(38)36-25-30(18-21-39(36)42)31-19-22-41-37(26-31)35-12-6-8-14-40(35)43(41)33-20-17-28-15-16-29(23-32(28)24-33)27-9-3-2-4-10-27/h2-26H,1H3. The van der Waals surface area contributed by atoms with Crippen molar-refractivity contribution in [3.8, 4) is 27.9 Å². The van der Waals surface area contributed by atoms with E-state index in [0.29, 0.717) is 0 Å². The number of nitrogens with zero attached hydrogens (tertiary/aromatic N) is 2. The Balaban J connectivity index is 1.22. The Morgan fingerprint density at radius 3 is 1.67 bits per heavy atom. The van der Waals surface area contributed by atoms with E-state index < -0.39 is 0 Å². The van der Waals surface area contributed by atoms with E-state index in [4.69, 9.17) is 0 Å². The summed E-state index contributed by atoms with van der Waals surface area (Å²) in [7, 11) is 2.15. The average molecular weight is 549 g/mol. The maximum Gasteiger partial charge on any atom is 0.0541 e. The van der Waals surface area contributed by atoms with Crippen molar-refractivity contribution < 1.29 is 0 Å². The van der Waals surface area contributed by atoms with Crippen LogP contribution in [0.3, 0.4) is 0 Å². The SMILES string of the molecule is Cn1c2ccccc2c2cc(-c3ccc4c(c3)c3ccccc3n4-c3ccc4ccc(-c5ccccc5)cc4c3)ccc21. The molecule has 2 heterocycles. The second-order valence-electron chi connectivity index (χ2n) is 11.5. The van der Waals surface area contributed by atoms with Crippen molar-refractivity contribution in [2.24, 2.45) is 7.05 Å². The van der Waals surface area contributed by atoms with Gasteiger partial charge in [0.05, 0.1) is 11.0 Å². The summed E-state index contributed by atoms with van der Waals surface area (Å²) in [4.78, 5) is 0. The zero-order chi connectivity index (χ0) is 28.5. The summed E-state index contributed by atoms with van der Waals surface area (Å²) in [5.41, 5.74) is 11.1. The van der Waals surface area contributed by atoms with Gasteiger partial charge in [0.15, 0.2) is 0 Å². The van der Waals surface area contributed by atoms with Crippen LogP contribution in [-0.2, 0) is 7.05 Å². The zero-order valence-electron chi connectivity index (χ0n) is 23.8. The molecule has 0 aliphatic carbocycles. The largest absolute Gasteiger partial charge is 0.344 e. The lowest BCUT2D eigenvalue weighted by Crippen LogP contribution is -1.94. The van der Waals surface area contributed by atoms with Crippen LogP contribution in [0.25, 0.3) is 82.3 Å². The highest BCUT2D eigenvalue weighted by Crippen LogP contribution is 2.37. The van der Waals surface area contributed by atoms with Gasteiger partial charge in [0.25, 0.3) is 0 Å². The number of benzene rings is 7. The molecule has 0 unspecified atom stereocenters. The van der Waals surface area contributed by atoms with Gasteiger partial charge >= 0.3 is 0 Å². The van der Waals surface area contributed by atoms with Crippen LogP contribution in [0.5, 0.6) is 0 Å². The first-order valence-corrected chi connectivity index (χ1v) is 14.8. The molecule has 9 aromatic rings. The Bertz CT molecular complexity index is 2510. The summed E-state index contributed by atoms with van der Waals surface area (Å²) in [5, 5.41) is 7.61. The van der Waals surface area contributed by atoms with Crippen molar-refractivity contribution in [1.29, 1.82) is 0 Å². The van der Waals surface area contributed by atoms with Crippen LogP contribution in [-0.4, -0.2) is 9.13 Å². The number of para-hydroxylation sites is 2. The van der Waals surface area contributed by atoms with Gasteiger partial charge < -0.3 is 9.13 Å². The summed E-state index contributed by atoms with van der Waals surface area (Å²) < 4.78 is 4.70. The molecule has 0 atom stereocenters. The number of hydrogen-bond acceptors (Lipinski definition) is 0. The molecule has 0 aliphatic rings. The lowest BCUT2D eigenvalue weighted by atomic mass is 10.0. The maximum absolute atomic E-state index is 2.41. The van der Waals surface area contributed by atoms with Crippen molar-refractivity contribution in [2.45, 2.75) is 0 Å². The molecule has 0 N–H and O–H groups in total. The quantitative estimate of drug-likeness (QED) is 0.208. The van der Waals surface area contributed by atoms with Crippen molar-refractivity contribution in [3.05, 3.63) is 152 Å². The first-order valence-electron chi connectivity index (χ1n) is 14.8. The fourth-order valence-corrected chi connectivity index (χ4v) is 6.96. The van der Waals surface area contributed by atoms with E-state index in [2.05, 4.69) is 168 Å². The van der Waals surface area contributed by atoms with Crippen LogP contribution < -0.4 is 0 Å². The number of rotatable bonds is 3.